The van der Waals surface area contributed by atoms with Crippen LogP contribution in [0.25, 0.3) is 0 Å². The van der Waals surface area contributed by atoms with Gasteiger partial charge in [0.2, 0.25) is 0 Å². The van der Waals surface area contributed by atoms with Gasteiger partial charge in [0.1, 0.15) is 0 Å². The van der Waals surface area contributed by atoms with Crippen molar-refractivity contribution in [3.63, 3.8) is 0 Å². The van der Waals surface area contributed by atoms with Crippen molar-refractivity contribution in [3.05, 3.63) is 107 Å². The summed E-state index contributed by atoms with van der Waals surface area (Å²) in [7, 11) is 0. The minimum atomic E-state index is 0.424. The predicted molar refractivity (Wildman–Crippen MR) is 158 cm³/mol. The molecule has 2 rings (SSSR count). The molecular weight excluding hydrogens is 424 g/mol. The van der Waals surface area contributed by atoms with E-state index in [-0.39, 0.29) is 0 Å². The average Bonchev–Trinajstić information content (AvgIpc) is 3.21. The molecule has 0 saturated carbocycles. The van der Waals surface area contributed by atoms with Gasteiger partial charge in [-0.25, -0.2) is 0 Å². The Bertz CT molecular complexity index is 1030. The maximum Gasteiger partial charge on any atom is 0.0457 e. The zero-order valence-corrected chi connectivity index (χ0v) is 22.6. The zero-order valence-electron chi connectivity index (χ0n) is 22.6. The summed E-state index contributed by atoms with van der Waals surface area (Å²) in [5.41, 5.74) is 8.92. The number of allylic oxidation sites excluding steroid dienone is 16. The predicted octanol–water partition coefficient (Wildman–Crippen LogP) is 9.05. The van der Waals surface area contributed by atoms with E-state index in [1.54, 1.807) is 0 Å². The molecule has 1 atom stereocenters. The first kappa shape index (κ1) is 28.2. The van der Waals surface area contributed by atoms with E-state index in [4.69, 9.17) is 4.99 Å². The molecule has 0 N–H and O–H groups in total. The molecule has 186 valence electrons. The van der Waals surface area contributed by atoms with Crippen LogP contribution in [0.15, 0.2) is 117 Å². The molecular formula is C33H44N2. The van der Waals surface area contributed by atoms with Crippen molar-refractivity contribution >= 4 is 11.4 Å². The Balaban J connectivity index is 2.15. The van der Waals surface area contributed by atoms with Gasteiger partial charge in [-0.1, -0.05) is 79.0 Å². The quantitative estimate of drug-likeness (QED) is 0.164. The number of rotatable bonds is 11. The molecule has 0 aromatic carbocycles. The fourth-order valence-electron chi connectivity index (χ4n) is 4.39. The van der Waals surface area contributed by atoms with Crippen LogP contribution in [0.1, 0.15) is 66.7 Å². The Labute approximate surface area is 214 Å². The van der Waals surface area contributed by atoms with Gasteiger partial charge in [0.05, 0.1) is 0 Å². The fraction of sp³-hybridized carbons (Fsp3) is 0.394. The van der Waals surface area contributed by atoms with Crippen LogP contribution in [0, 0.1) is 5.92 Å². The maximum absolute atomic E-state index is 4.86. The van der Waals surface area contributed by atoms with Crippen LogP contribution in [0.4, 0.5) is 0 Å². The molecule has 0 spiro atoms. The summed E-state index contributed by atoms with van der Waals surface area (Å²) in [5, 5.41) is 0. The number of aliphatic imine (C=N–C) groups is 2. The molecule has 0 aromatic heterocycles. The van der Waals surface area contributed by atoms with Crippen molar-refractivity contribution in [3.8, 4) is 0 Å². The lowest BCUT2D eigenvalue weighted by Crippen LogP contribution is -2.10. The molecule has 0 saturated heterocycles. The van der Waals surface area contributed by atoms with Gasteiger partial charge in [0, 0.05) is 36.9 Å². The van der Waals surface area contributed by atoms with Crippen LogP contribution in [-0.2, 0) is 0 Å². The van der Waals surface area contributed by atoms with Crippen LogP contribution in [0.5, 0.6) is 0 Å². The van der Waals surface area contributed by atoms with Gasteiger partial charge < -0.3 is 0 Å². The first-order valence-electron chi connectivity index (χ1n) is 13.0. The van der Waals surface area contributed by atoms with Crippen molar-refractivity contribution < 1.29 is 0 Å². The smallest absolute Gasteiger partial charge is 0.0457 e. The van der Waals surface area contributed by atoms with E-state index in [1.807, 2.05) is 13.0 Å². The Kier molecular flexibility index (Phi) is 12.8. The molecule has 1 unspecified atom stereocenters. The normalized spacial score (nSPS) is 20.1. The Morgan fingerprint density at radius 2 is 2.00 bits per heavy atom. The van der Waals surface area contributed by atoms with E-state index in [1.165, 1.54) is 33.6 Å². The first-order valence-corrected chi connectivity index (χ1v) is 13.0. The third-order valence-electron chi connectivity index (χ3n) is 6.30. The minimum absolute atomic E-state index is 0.424. The maximum atomic E-state index is 4.86. The summed E-state index contributed by atoms with van der Waals surface area (Å²) < 4.78 is 0. The fourth-order valence-corrected chi connectivity index (χ4v) is 4.39. The SMILES string of the molecule is C=C(CCC1CN=C(C)CC=C1/C(C)=C/C=C\C=C/C)C/C(=C\C(C)=N/CC)C1=CCC=CC=C1. The Hall–Kier alpha value is -3.00. The third-order valence-corrected chi connectivity index (χ3v) is 6.30. The third kappa shape index (κ3) is 10.4. The second-order valence-corrected chi connectivity index (χ2v) is 9.33. The van der Waals surface area contributed by atoms with Crippen LogP contribution in [0.2, 0.25) is 0 Å². The molecule has 2 aliphatic rings. The summed E-state index contributed by atoms with van der Waals surface area (Å²) >= 11 is 0. The van der Waals surface area contributed by atoms with E-state index in [2.05, 4.69) is 106 Å². The van der Waals surface area contributed by atoms with Crippen molar-refractivity contribution in [1.29, 1.82) is 0 Å². The van der Waals surface area contributed by atoms with Gasteiger partial charge in [-0.05, 0) is 88.7 Å². The number of nitrogens with zero attached hydrogens (tertiary/aromatic N) is 2. The van der Waals surface area contributed by atoms with Crippen LogP contribution in [-0.4, -0.2) is 24.5 Å². The lowest BCUT2D eigenvalue weighted by atomic mass is 9.86. The first-order chi connectivity index (χ1) is 16.9. The molecule has 0 bridgehead atoms. The van der Waals surface area contributed by atoms with Gasteiger partial charge in [0.15, 0.2) is 0 Å². The molecule has 2 heteroatoms. The minimum Gasteiger partial charge on any atom is -0.293 e. The molecule has 1 heterocycles. The van der Waals surface area contributed by atoms with E-state index in [0.717, 1.165) is 50.9 Å². The summed E-state index contributed by atoms with van der Waals surface area (Å²) in [5.74, 6) is 0.424. The molecule has 0 aromatic rings. The molecule has 2 nitrogen and oxygen atoms in total. The number of hydrogen-bond acceptors (Lipinski definition) is 2. The molecule has 35 heavy (non-hydrogen) atoms. The second-order valence-electron chi connectivity index (χ2n) is 9.33. The van der Waals surface area contributed by atoms with Crippen LogP contribution in [0.3, 0.4) is 0 Å². The van der Waals surface area contributed by atoms with Crippen molar-refractivity contribution in [2.45, 2.75) is 66.7 Å². The monoisotopic (exact) mass is 468 g/mol. The van der Waals surface area contributed by atoms with Crippen molar-refractivity contribution in [2.24, 2.45) is 15.9 Å². The largest absolute Gasteiger partial charge is 0.293 e. The number of hydrogen-bond donors (Lipinski definition) is 0. The van der Waals surface area contributed by atoms with E-state index < -0.39 is 0 Å². The van der Waals surface area contributed by atoms with Crippen molar-refractivity contribution in [2.75, 3.05) is 13.1 Å². The average molecular weight is 469 g/mol. The highest BCUT2D eigenvalue weighted by molar-refractivity contribution is 5.94. The van der Waals surface area contributed by atoms with E-state index >= 15 is 0 Å². The highest BCUT2D eigenvalue weighted by atomic mass is 14.7. The van der Waals surface area contributed by atoms with Gasteiger partial charge in [-0.3, -0.25) is 9.98 Å². The van der Waals surface area contributed by atoms with E-state index in [9.17, 15) is 0 Å². The van der Waals surface area contributed by atoms with E-state index in [0.29, 0.717) is 5.92 Å². The van der Waals surface area contributed by atoms with Gasteiger partial charge in [0.25, 0.3) is 0 Å². The summed E-state index contributed by atoms with van der Waals surface area (Å²) in [6.45, 7) is 16.7. The molecule has 0 radical (unpaired) electrons. The zero-order chi connectivity index (χ0) is 25.5. The highest BCUT2D eigenvalue weighted by Crippen LogP contribution is 2.31. The molecule has 0 amide bonds. The molecule has 1 aliphatic carbocycles. The van der Waals surface area contributed by atoms with Gasteiger partial charge >= 0.3 is 0 Å². The van der Waals surface area contributed by atoms with Gasteiger partial charge in [-0.2, -0.15) is 0 Å². The second kappa shape index (κ2) is 15.8. The lowest BCUT2D eigenvalue weighted by molar-refractivity contribution is 0.574. The summed E-state index contributed by atoms with van der Waals surface area (Å²) in [6.07, 6.45) is 31.0. The van der Waals surface area contributed by atoms with Crippen LogP contribution < -0.4 is 0 Å². The topological polar surface area (TPSA) is 24.7 Å². The standard InChI is InChI=1S/C33H44N2/c1-7-9-10-13-16-27(4)33-22-20-28(5)35-25-31(33)21-19-26(3)23-32(24-29(6)34-8-2)30-17-14-11-12-15-18-30/h7,9-14,16-18,22,24,31H,3,8,15,19-21,23,25H2,1-2,4-6H3/b9-7-,13-10-,27-16+,32-24+,34-29-. The molecule has 0 fully saturated rings. The summed E-state index contributed by atoms with van der Waals surface area (Å²) in [4.78, 5) is 9.45. The Morgan fingerprint density at radius 1 is 1.17 bits per heavy atom. The van der Waals surface area contributed by atoms with Gasteiger partial charge in [-0.15, -0.1) is 0 Å². The molecule has 1 aliphatic heterocycles. The van der Waals surface area contributed by atoms with Crippen molar-refractivity contribution in [1.82, 2.24) is 0 Å². The Morgan fingerprint density at radius 3 is 2.77 bits per heavy atom. The summed E-state index contributed by atoms with van der Waals surface area (Å²) in [6, 6.07) is 0. The van der Waals surface area contributed by atoms with Crippen LogP contribution >= 0.6 is 0 Å². The lowest BCUT2D eigenvalue weighted by Gasteiger charge is -2.20. The highest BCUT2D eigenvalue weighted by Gasteiger charge is 2.18.